The van der Waals surface area contributed by atoms with Crippen molar-refractivity contribution in [2.75, 3.05) is 0 Å². The van der Waals surface area contributed by atoms with Crippen LogP contribution in [0.4, 0.5) is 13.2 Å². The second-order valence-electron chi connectivity index (χ2n) is 4.49. The Hall–Kier alpha value is -1.52. The first-order chi connectivity index (χ1) is 9.29. The Labute approximate surface area is 119 Å². The smallest absolute Gasteiger partial charge is 0.389 e. The highest BCUT2D eigenvalue weighted by Crippen LogP contribution is 2.32. The zero-order valence-electron chi connectivity index (χ0n) is 10.6. The average Bonchev–Trinajstić information content (AvgIpc) is 2.37. The van der Waals surface area contributed by atoms with Gasteiger partial charge < -0.3 is 5.11 Å². The van der Waals surface area contributed by atoms with Gasteiger partial charge in [0.15, 0.2) is 0 Å². The van der Waals surface area contributed by atoms with Crippen LogP contribution in [-0.2, 0) is 6.18 Å². The summed E-state index contributed by atoms with van der Waals surface area (Å²) in [4.78, 5) is 0. The fourth-order valence-corrected chi connectivity index (χ4v) is 2.24. The number of aliphatic hydroxyl groups excluding tert-OH is 1. The molecule has 0 amide bonds. The van der Waals surface area contributed by atoms with Crippen LogP contribution in [0.3, 0.4) is 0 Å². The molecule has 2 aromatic carbocycles. The van der Waals surface area contributed by atoms with Crippen LogP contribution in [0.5, 0.6) is 0 Å². The molecule has 0 heterocycles. The molecule has 0 saturated heterocycles. The van der Waals surface area contributed by atoms with Gasteiger partial charge in [-0.3, -0.25) is 0 Å². The molecule has 0 fully saturated rings. The van der Waals surface area contributed by atoms with E-state index in [0.29, 0.717) is 21.7 Å². The molecular weight excluding hydrogens is 289 g/mol. The Morgan fingerprint density at radius 1 is 1.00 bits per heavy atom. The normalized spacial score (nSPS) is 13.3. The number of halogens is 4. The lowest BCUT2D eigenvalue weighted by atomic mass is 10.0. The van der Waals surface area contributed by atoms with Crippen molar-refractivity contribution < 1.29 is 18.3 Å². The van der Waals surface area contributed by atoms with Gasteiger partial charge in [0.25, 0.3) is 0 Å². The SMILES string of the molecule is CC(O)c1ccc(-c2ccc(C(F)(F)F)cc2)cc1Cl. The van der Waals surface area contributed by atoms with E-state index in [9.17, 15) is 18.3 Å². The summed E-state index contributed by atoms with van der Waals surface area (Å²) in [6.45, 7) is 1.60. The van der Waals surface area contributed by atoms with Crippen LogP contribution in [0.1, 0.15) is 24.2 Å². The van der Waals surface area contributed by atoms with E-state index in [1.54, 1.807) is 25.1 Å². The molecule has 106 valence electrons. The molecule has 2 rings (SSSR count). The third-order valence-electron chi connectivity index (χ3n) is 3.00. The van der Waals surface area contributed by atoms with Crippen molar-refractivity contribution in [3.63, 3.8) is 0 Å². The van der Waals surface area contributed by atoms with E-state index in [1.165, 1.54) is 12.1 Å². The van der Waals surface area contributed by atoms with Crippen molar-refractivity contribution in [2.45, 2.75) is 19.2 Å². The maximum atomic E-state index is 12.5. The van der Waals surface area contributed by atoms with Crippen molar-refractivity contribution in [1.29, 1.82) is 0 Å². The van der Waals surface area contributed by atoms with Crippen molar-refractivity contribution >= 4 is 11.6 Å². The van der Waals surface area contributed by atoms with Crippen LogP contribution in [0, 0.1) is 0 Å². The average molecular weight is 301 g/mol. The standard InChI is InChI=1S/C15H12ClF3O/c1-9(20)13-7-4-11(8-14(13)16)10-2-5-12(6-3-10)15(17,18)19/h2-9,20H,1H3. The van der Waals surface area contributed by atoms with Gasteiger partial charge in [-0.1, -0.05) is 35.9 Å². The molecule has 0 aliphatic carbocycles. The van der Waals surface area contributed by atoms with Gasteiger partial charge in [0.05, 0.1) is 11.7 Å². The van der Waals surface area contributed by atoms with Gasteiger partial charge >= 0.3 is 6.18 Å². The Morgan fingerprint density at radius 3 is 2.00 bits per heavy atom. The predicted molar refractivity (Wildman–Crippen MR) is 72.5 cm³/mol. The fourth-order valence-electron chi connectivity index (χ4n) is 1.90. The summed E-state index contributed by atoms with van der Waals surface area (Å²) < 4.78 is 37.4. The Bertz CT molecular complexity index is 604. The second kappa shape index (κ2) is 5.46. The number of hydrogen-bond donors (Lipinski definition) is 1. The minimum absolute atomic E-state index is 0.386. The van der Waals surface area contributed by atoms with Crippen molar-refractivity contribution in [2.24, 2.45) is 0 Å². The third-order valence-corrected chi connectivity index (χ3v) is 3.32. The van der Waals surface area contributed by atoms with Crippen molar-refractivity contribution in [3.05, 3.63) is 58.6 Å². The molecule has 2 aromatic rings. The maximum absolute atomic E-state index is 12.5. The minimum atomic E-state index is -4.34. The van der Waals surface area contributed by atoms with Crippen LogP contribution in [0.15, 0.2) is 42.5 Å². The lowest BCUT2D eigenvalue weighted by Gasteiger charge is -2.11. The molecule has 1 N–H and O–H groups in total. The summed E-state index contributed by atoms with van der Waals surface area (Å²) in [6, 6.07) is 9.88. The number of hydrogen-bond acceptors (Lipinski definition) is 1. The topological polar surface area (TPSA) is 20.2 Å². The molecule has 0 aliphatic rings. The maximum Gasteiger partial charge on any atom is 0.416 e. The lowest BCUT2D eigenvalue weighted by Crippen LogP contribution is -2.04. The Balaban J connectivity index is 2.35. The van der Waals surface area contributed by atoms with Crippen molar-refractivity contribution in [3.8, 4) is 11.1 Å². The number of alkyl halides is 3. The van der Waals surface area contributed by atoms with Gasteiger partial charge in [-0.25, -0.2) is 0 Å². The van der Waals surface area contributed by atoms with Gasteiger partial charge in [-0.05, 0) is 41.8 Å². The zero-order valence-corrected chi connectivity index (χ0v) is 11.3. The molecule has 20 heavy (non-hydrogen) atoms. The molecule has 0 saturated carbocycles. The van der Waals surface area contributed by atoms with Gasteiger partial charge in [-0.2, -0.15) is 13.2 Å². The Morgan fingerprint density at radius 2 is 1.55 bits per heavy atom. The van der Waals surface area contributed by atoms with E-state index in [1.807, 2.05) is 0 Å². The van der Waals surface area contributed by atoms with E-state index < -0.39 is 17.8 Å². The minimum Gasteiger partial charge on any atom is -0.389 e. The molecule has 0 radical (unpaired) electrons. The van der Waals surface area contributed by atoms with Gasteiger partial charge in [0, 0.05) is 5.02 Å². The summed E-state index contributed by atoms with van der Waals surface area (Å²) in [7, 11) is 0. The number of rotatable bonds is 2. The van der Waals surface area contributed by atoms with E-state index in [-0.39, 0.29) is 0 Å². The fraction of sp³-hybridized carbons (Fsp3) is 0.200. The molecule has 0 aromatic heterocycles. The molecular formula is C15H12ClF3O. The van der Waals surface area contributed by atoms with Gasteiger partial charge in [0.1, 0.15) is 0 Å². The summed E-state index contributed by atoms with van der Waals surface area (Å²) in [5.41, 5.74) is 1.24. The molecule has 0 bridgehead atoms. The van der Waals surface area contributed by atoms with E-state index >= 15 is 0 Å². The third kappa shape index (κ3) is 3.14. The monoisotopic (exact) mass is 300 g/mol. The van der Waals surface area contributed by atoms with Gasteiger partial charge in [-0.15, -0.1) is 0 Å². The van der Waals surface area contributed by atoms with E-state index in [0.717, 1.165) is 12.1 Å². The zero-order chi connectivity index (χ0) is 14.9. The largest absolute Gasteiger partial charge is 0.416 e. The van der Waals surface area contributed by atoms with Crippen LogP contribution in [-0.4, -0.2) is 5.11 Å². The molecule has 1 unspecified atom stereocenters. The molecule has 0 spiro atoms. The van der Waals surface area contributed by atoms with Crippen molar-refractivity contribution in [1.82, 2.24) is 0 Å². The number of aliphatic hydroxyl groups is 1. The van der Waals surface area contributed by atoms with Crippen LogP contribution < -0.4 is 0 Å². The first-order valence-corrected chi connectivity index (χ1v) is 6.32. The van der Waals surface area contributed by atoms with E-state index in [2.05, 4.69) is 0 Å². The van der Waals surface area contributed by atoms with Crippen LogP contribution >= 0.6 is 11.6 Å². The molecule has 5 heteroatoms. The predicted octanol–water partition coefficient (Wildman–Crippen LogP) is 5.08. The highest BCUT2D eigenvalue weighted by atomic mass is 35.5. The molecule has 1 atom stereocenters. The highest BCUT2D eigenvalue weighted by Gasteiger charge is 2.29. The van der Waals surface area contributed by atoms with Crippen LogP contribution in [0.25, 0.3) is 11.1 Å². The molecule has 0 aliphatic heterocycles. The van der Waals surface area contributed by atoms with Crippen LogP contribution in [0.2, 0.25) is 5.02 Å². The second-order valence-corrected chi connectivity index (χ2v) is 4.89. The summed E-state index contributed by atoms with van der Waals surface area (Å²) >= 11 is 6.04. The first-order valence-electron chi connectivity index (χ1n) is 5.94. The number of benzene rings is 2. The van der Waals surface area contributed by atoms with E-state index in [4.69, 9.17) is 11.6 Å². The Kier molecular flexibility index (Phi) is 4.06. The molecule has 1 nitrogen and oxygen atoms in total. The summed E-state index contributed by atoms with van der Waals surface area (Å²) in [5, 5.41) is 9.87. The lowest BCUT2D eigenvalue weighted by molar-refractivity contribution is -0.137. The van der Waals surface area contributed by atoms with Gasteiger partial charge in [0.2, 0.25) is 0 Å². The summed E-state index contributed by atoms with van der Waals surface area (Å²) in [6.07, 6.45) is -5.03. The highest BCUT2D eigenvalue weighted by molar-refractivity contribution is 6.31. The first kappa shape index (κ1) is 14.9. The summed E-state index contributed by atoms with van der Waals surface area (Å²) in [5.74, 6) is 0. The quantitative estimate of drug-likeness (QED) is 0.820.